The SMILES string of the molecule is CN1Cc2ccc3c(c2C1=O)OCO3. The average Bonchev–Trinajstić information content (AvgIpc) is 2.72. The summed E-state index contributed by atoms with van der Waals surface area (Å²) in [6.45, 7) is 0.869. The second kappa shape index (κ2) is 2.41. The number of benzene rings is 1. The highest BCUT2D eigenvalue weighted by Crippen LogP contribution is 2.40. The van der Waals surface area contributed by atoms with Gasteiger partial charge in [-0.1, -0.05) is 6.07 Å². The van der Waals surface area contributed by atoms with E-state index in [4.69, 9.17) is 9.47 Å². The minimum absolute atomic E-state index is 0.0161. The predicted molar refractivity (Wildman–Crippen MR) is 48.4 cm³/mol. The van der Waals surface area contributed by atoms with Crippen LogP contribution in [0, 0.1) is 0 Å². The van der Waals surface area contributed by atoms with Gasteiger partial charge >= 0.3 is 0 Å². The lowest BCUT2D eigenvalue weighted by atomic mass is 10.1. The molecular weight excluding hydrogens is 182 g/mol. The van der Waals surface area contributed by atoms with Gasteiger partial charge in [-0.3, -0.25) is 4.79 Å². The summed E-state index contributed by atoms with van der Waals surface area (Å²) in [6, 6.07) is 3.78. The molecule has 72 valence electrons. The van der Waals surface area contributed by atoms with Gasteiger partial charge < -0.3 is 14.4 Å². The Kier molecular flexibility index (Phi) is 1.32. The maximum atomic E-state index is 11.7. The number of ether oxygens (including phenoxy) is 2. The summed E-state index contributed by atoms with van der Waals surface area (Å²) in [5, 5.41) is 0. The van der Waals surface area contributed by atoms with Gasteiger partial charge in [-0.2, -0.15) is 0 Å². The van der Waals surface area contributed by atoms with Crippen LogP contribution in [0.4, 0.5) is 0 Å². The van der Waals surface area contributed by atoms with E-state index in [1.165, 1.54) is 0 Å². The third kappa shape index (κ3) is 0.801. The van der Waals surface area contributed by atoms with E-state index in [1.54, 1.807) is 11.9 Å². The van der Waals surface area contributed by atoms with Crippen molar-refractivity contribution in [3.05, 3.63) is 23.3 Å². The molecule has 4 nitrogen and oxygen atoms in total. The maximum absolute atomic E-state index is 11.7. The Bertz CT molecular complexity index is 428. The number of hydrogen-bond acceptors (Lipinski definition) is 3. The van der Waals surface area contributed by atoms with Gasteiger partial charge in [-0.05, 0) is 11.6 Å². The number of rotatable bonds is 0. The maximum Gasteiger partial charge on any atom is 0.258 e. The van der Waals surface area contributed by atoms with E-state index in [0.29, 0.717) is 23.6 Å². The monoisotopic (exact) mass is 191 g/mol. The molecule has 4 heteroatoms. The first-order chi connectivity index (χ1) is 6.77. The topological polar surface area (TPSA) is 38.8 Å². The zero-order valence-electron chi connectivity index (χ0n) is 7.74. The first-order valence-corrected chi connectivity index (χ1v) is 4.44. The Labute approximate surface area is 81.0 Å². The summed E-state index contributed by atoms with van der Waals surface area (Å²) in [5.74, 6) is 1.30. The highest BCUT2D eigenvalue weighted by atomic mass is 16.7. The van der Waals surface area contributed by atoms with E-state index in [0.717, 1.165) is 5.56 Å². The van der Waals surface area contributed by atoms with Gasteiger partial charge in [-0.15, -0.1) is 0 Å². The van der Waals surface area contributed by atoms with Gasteiger partial charge in [0, 0.05) is 13.6 Å². The van der Waals surface area contributed by atoms with Crippen molar-refractivity contribution in [3.8, 4) is 11.5 Å². The molecule has 0 atom stereocenters. The Hall–Kier alpha value is -1.71. The smallest absolute Gasteiger partial charge is 0.258 e. The molecule has 0 unspecified atom stereocenters. The van der Waals surface area contributed by atoms with Crippen molar-refractivity contribution in [3.63, 3.8) is 0 Å². The Morgan fingerprint density at radius 2 is 2.21 bits per heavy atom. The van der Waals surface area contributed by atoms with Crippen molar-refractivity contribution in [2.75, 3.05) is 13.8 Å². The Balaban J connectivity index is 2.24. The number of hydrogen-bond donors (Lipinski definition) is 0. The zero-order valence-corrected chi connectivity index (χ0v) is 7.74. The quantitative estimate of drug-likeness (QED) is 0.614. The van der Waals surface area contributed by atoms with E-state index >= 15 is 0 Å². The molecular formula is C10H9NO3. The van der Waals surface area contributed by atoms with Gasteiger partial charge in [-0.25, -0.2) is 0 Å². The third-order valence-corrected chi connectivity index (χ3v) is 2.59. The molecule has 1 aromatic rings. The van der Waals surface area contributed by atoms with Crippen LogP contribution in [-0.4, -0.2) is 24.6 Å². The number of carbonyl (C=O) groups excluding carboxylic acids is 1. The number of amides is 1. The molecule has 1 aromatic carbocycles. The molecule has 0 N–H and O–H groups in total. The summed E-state index contributed by atoms with van der Waals surface area (Å²) in [6.07, 6.45) is 0. The molecule has 0 aliphatic carbocycles. The molecule has 0 fully saturated rings. The molecule has 3 rings (SSSR count). The summed E-state index contributed by atoms with van der Waals surface area (Å²) in [5.41, 5.74) is 1.68. The standard InChI is InChI=1S/C10H9NO3/c1-11-4-6-2-3-7-9(14-5-13-7)8(6)10(11)12/h2-3H,4-5H2,1H3. The second-order valence-corrected chi connectivity index (χ2v) is 3.49. The van der Waals surface area contributed by atoms with Crippen LogP contribution in [-0.2, 0) is 6.54 Å². The molecule has 0 aromatic heterocycles. The van der Waals surface area contributed by atoms with E-state index in [1.807, 2.05) is 12.1 Å². The molecule has 2 heterocycles. The minimum atomic E-state index is 0.0161. The fourth-order valence-electron chi connectivity index (χ4n) is 1.90. The van der Waals surface area contributed by atoms with Crippen LogP contribution in [0.2, 0.25) is 0 Å². The first kappa shape index (κ1) is 7.67. The number of fused-ring (bicyclic) bond motifs is 3. The molecule has 0 radical (unpaired) electrons. The molecule has 2 aliphatic rings. The Morgan fingerprint density at radius 1 is 1.36 bits per heavy atom. The largest absolute Gasteiger partial charge is 0.454 e. The van der Waals surface area contributed by atoms with Crippen molar-refractivity contribution in [2.24, 2.45) is 0 Å². The molecule has 0 spiro atoms. The van der Waals surface area contributed by atoms with Crippen molar-refractivity contribution >= 4 is 5.91 Å². The van der Waals surface area contributed by atoms with Crippen molar-refractivity contribution < 1.29 is 14.3 Å². The van der Waals surface area contributed by atoms with E-state index in [9.17, 15) is 4.79 Å². The lowest BCUT2D eigenvalue weighted by molar-refractivity contribution is 0.0812. The van der Waals surface area contributed by atoms with Gasteiger partial charge in [0.15, 0.2) is 11.5 Å². The molecule has 0 bridgehead atoms. The lowest BCUT2D eigenvalue weighted by Gasteiger charge is -2.05. The molecule has 14 heavy (non-hydrogen) atoms. The molecule has 2 aliphatic heterocycles. The van der Waals surface area contributed by atoms with Crippen LogP contribution in [0.3, 0.4) is 0 Å². The molecule has 1 amide bonds. The van der Waals surface area contributed by atoms with Gasteiger partial charge in [0.25, 0.3) is 5.91 Å². The summed E-state index contributed by atoms with van der Waals surface area (Å²) >= 11 is 0. The number of carbonyl (C=O) groups is 1. The van der Waals surface area contributed by atoms with Gasteiger partial charge in [0.05, 0.1) is 5.56 Å². The van der Waals surface area contributed by atoms with Crippen molar-refractivity contribution in [2.45, 2.75) is 6.54 Å². The van der Waals surface area contributed by atoms with Gasteiger partial charge in [0.2, 0.25) is 6.79 Å². The third-order valence-electron chi connectivity index (χ3n) is 2.59. The summed E-state index contributed by atoms with van der Waals surface area (Å²) in [7, 11) is 1.78. The van der Waals surface area contributed by atoms with Crippen LogP contribution < -0.4 is 9.47 Å². The fraction of sp³-hybridized carbons (Fsp3) is 0.300. The van der Waals surface area contributed by atoms with Crippen molar-refractivity contribution in [1.82, 2.24) is 4.90 Å². The highest BCUT2D eigenvalue weighted by molar-refractivity contribution is 6.01. The van der Waals surface area contributed by atoms with E-state index < -0.39 is 0 Å². The Morgan fingerprint density at radius 3 is 3.07 bits per heavy atom. The minimum Gasteiger partial charge on any atom is -0.454 e. The van der Waals surface area contributed by atoms with Crippen LogP contribution in [0.5, 0.6) is 11.5 Å². The van der Waals surface area contributed by atoms with Crippen LogP contribution >= 0.6 is 0 Å². The highest BCUT2D eigenvalue weighted by Gasteiger charge is 2.32. The first-order valence-electron chi connectivity index (χ1n) is 4.44. The van der Waals surface area contributed by atoms with Crippen LogP contribution in [0.25, 0.3) is 0 Å². The van der Waals surface area contributed by atoms with Crippen LogP contribution in [0.15, 0.2) is 12.1 Å². The molecule has 0 saturated carbocycles. The molecule has 0 saturated heterocycles. The van der Waals surface area contributed by atoms with Gasteiger partial charge in [0.1, 0.15) is 0 Å². The second-order valence-electron chi connectivity index (χ2n) is 3.49. The summed E-state index contributed by atoms with van der Waals surface area (Å²) < 4.78 is 10.5. The summed E-state index contributed by atoms with van der Waals surface area (Å²) in [4.78, 5) is 13.4. The lowest BCUT2D eigenvalue weighted by Crippen LogP contribution is -2.17. The fourth-order valence-corrected chi connectivity index (χ4v) is 1.90. The van der Waals surface area contributed by atoms with Crippen LogP contribution in [0.1, 0.15) is 15.9 Å². The zero-order chi connectivity index (χ0) is 9.71. The van der Waals surface area contributed by atoms with Crippen molar-refractivity contribution in [1.29, 1.82) is 0 Å². The van der Waals surface area contributed by atoms with E-state index in [2.05, 4.69) is 0 Å². The predicted octanol–water partition coefficient (Wildman–Crippen LogP) is 1.00. The average molecular weight is 191 g/mol. The number of nitrogens with zero attached hydrogens (tertiary/aromatic N) is 1. The normalized spacial score (nSPS) is 17.5. The van der Waals surface area contributed by atoms with E-state index in [-0.39, 0.29) is 12.7 Å².